The first kappa shape index (κ1) is 4.96. The van der Waals surface area contributed by atoms with E-state index in [1.807, 2.05) is 0 Å². The molecule has 0 amide bonds. The van der Waals surface area contributed by atoms with Crippen LogP contribution in [-0.2, 0) is 9.53 Å². The summed E-state index contributed by atoms with van der Waals surface area (Å²) in [7, 11) is 0. The Balaban J connectivity index is 2.63. The monoisotopic (exact) mass is 112 g/mol. The standard InChI is InChI=1S/C4H4N2O2/c7-3-4-6-5-1-2-8-4/h1,3H,2H2. The maximum Gasteiger partial charge on any atom is 0.274 e. The van der Waals surface area contributed by atoms with Crippen molar-refractivity contribution in [1.29, 1.82) is 0 Å². The van der Waals surface area contributed by atoms with Gasteiger partial charge in [0.05, 0.1) is 6.21 Å². The second kappa shape index (κ2) is 2.20. The Bertz CT molecular complexity index is 150. The summed E-state index contributed by atoms with van der Waals surface area (Å²) in [5, 5.41) is 6.78. The van der Waals surface area contributed by atoms with Crippen molar-refractivity contribution in [1.82, 2.24) is 0 Å². The van der Waals surface area contributed by atoms with Crippen molar-refractivity contribution in [2.45, 2.75) is 0 Å². The molecule has 0 saturated carbocycles. The van der Waals surface area contributed by atoms with E-state index >= 15 is 0 Å². The van der Waals surface area contributed by atoms with Gasteiger partial charge in [0.15, 0.2) is 0 Å². The molecule has 1 heterocycles. The molecule has 1 aliphatic heterocycles. The molecular formula is C4H4N2O2. The molecule has 1 aliphatic rings. The summed E-state index contributed by atoms with van der Waals surface area (Å²) in [6.45, 7) is 0.345. The Morgan fingerprint density at radius 2 is 2.75 bits per heavy atom. The van der Waals surface area contributed by atoms with Crippen molar-refractivity contribution in [3.05, 3.63) is 0 Å². The zero-order chi connectivity index (χ0) is 5.82. The van der Waals surface area contributed by atoms with E-state index in [1.165, 1.54) is 6.21 Å². The van der Waals surface area contributed by atoms with Gasteiger partial charge in [0.1, 0.15) is 6.61 Å². The third-order valence-electron chi connectivity index (χ3n) is 0.645. The summed E-state index contributed by atoms with van der Waals surface area (Å²) in [4.78, 5) is 9.83. The fraction of sp³-hybridized carbons (Fsp3) is 0.250. The van der Waals surface area contributed by atoms with Gasteiger partial charge in [-0.1, -0.05) is 0 Å². The largest absolute Gasteiger partial charge is 0.468 e. The lowest BCUT2D eigenvalue weighted by molar-refractivity contribution is -0.103. The van der Waals surface area contributed by atoms with Gasteiger partial charge in [-0.05, 0) is 0 Å². The van der Waals surface area contributed by atoms with E-state index in [2.05, 4.69) is 14.9 Å². The molecule has 0 aromatic heterocycles. The van der Waals surface area contributed by atoms with Gasteiger partial charge in [0.2, 0.25) is 6.29 Å². The number of ether oxygens (including phenoxy) is 1. The van der Waals surface area contributed by atoms with Crippen molar-refractivity contribution in [3.63, 3.8) is 0 Å². The van der Waals surface area contributed by atoms with E-state index in [0.717, 1.165) is 0 Å². The van der Waals surface area contributed by atoms with Crippen LogP contribution in [0.4, 0.5) is 0 Å². The van der Waals surface area contributed by atoms with E-state index in [4.69, 9.17) is 0 Å². The first-order chi connectivity index (χ1) is 3.93. The molecule has 0 aromatic rings. The molecule has 0 bridgehead atoms. The van der Waals surface area contributed by atoms with Gasteiger partial charge in [-0.15, -0.1) is 5.10 Å². The van der Waals surface area contributed by atoms with Crippen LogP contribution in [0.1, 0.15) is 0 Å². The maximum absolute atomic E-state index is 9.83. The molecule has 42 valence electrons. The summed E-state index contributed by atoms with van der Waals surface area (Å²) in [5.41, 5.74) is 0. The van der Waals surface area contributed by atoms with Crippen molar-refractivity contribution in [3.8, 4) is 0 Å². The molecule has 0 spiro atoms. The Morgan fingerprint density at radius 1 is 1.88 bits per heavy atom. The number of carbonyl (C=O) groups excluding carboxylic acids is 1. The van der Waals surface area contributed by atoms with Crippen LogP contribution in [0.5, 0.6) is 0 Å². The average Bonchev–Trinajstić information content (AvgIpc) is 1.90. The first-order valence-electron chi connectivity index (χ1n) is 2.11. The highest BCUT2D eigenvalue weighted by atomic mass is 16.5. The predicted octanol–water partition coefficient (Wildman–Crippen LogP) is -0.400. The molecule has 8 heavy (non-hydrogen) atoms. The predicted molar refractivity (Wildman–Crippen MR) is 27.9 cm³/mol. The lowest BCUT2D eigenvalue weighted by Crippen LogP contribution is -2.10. The summed E-state index contributed by atoms with van der Waals surface area (Å²) in [6, 6.07) is 0. The molecule has 4 nitrogen and oxygen atoms in total. The van der Waals surface area contributed by atoms with Gasteiger partial charge >= 0.3 is 0 Å². The average molecular weight is 112 g/mol. The van der Waals surface area contributed by atoms with Crippen LogP contribution < -0.4 is 0 Å². The quantitative estimate of drug-likeness (QED) is 0.433. The molecule has 0 fully saturated rings. The van der Waals surface area contributed by atoms with Crippen LogP contribution in [-0.4, -0.2) is 25.0 Å². The molecule has 4 heteroatoms. The van der Waals surface area contributed by atoms with E-state index in [0.29, 0.717) is 12.9 Å². The normalized spacial score (nSPS) is 16.8. The fourth-order valence-corrected chi connectivity index (χ4v) is 0.340. The minimum absolute atomic E-state index is 0.0486. The fourth-order valence-electron chi connectivity index (χ4n) is 0.340. The summed E-state index contributed by atoms with van der Waals surface area (Å²) in [6.07, 6.45) is 2.00. The van der Waals surface area contributed by atoms with Gasteiger partial charge in [0, 0.05) is 0 Å². The molecule has 1 rings (SSSR count). The Kier molecular flexibility index (Phi) is 1.37. The first-order valence-corrected chi connectivity index (χ1v) is 2.11. The summed E-state index contributed by atoms with van der Waals surface area (Å²) in [5.74, 6) is 0.0486. The van der Waals surface area contributed by atoms with Gasteiger partial charge in [-0.25, -0.2) is 0 Å². The smallest absolute Gasteiger partial charge is 0.274 e. The van der Waals surface area contributed by atoms with Crippen LogP contribution in [0.3, 0.4) is 0 Å². The molecule has 0 unspecified atom stereocenters. The third-order valence-corrected chi connectivity index (χ3v) is 0.645. The van der Waals surface area contributed by atoms with E-state index in [9.17, 15) is 4.79 Å². The van der Waals surface area contributed by atoms with E-state index in [1.54, 1.807) is 0 Å². The lowest BCUT2D eigenvalue weighted by atomic mass is 10.7. The topological polar surface area (TPSA) is 51.0 Å². The number of hydrogen-bond acceptors (Lipinski definition) is 4. The van der Waals surface area contributed by atoms with Crippen LogP contribution >= 0.6 is 0 Å². The molecule has 0 N–H and O–H groups in total. The zero-order valence-electron chi connectivity index (χ0n) is 4.07. The van der Waals surface area contributed by atoms with Gasteiger partial charge in [0.25, 0.3) is 5.90 Å². The van der Waals surface area contributed by atoms with Crippen LogP contribution in [0.15, 0.2) is 10.2 Å². The number of rotatable bonds is 1. The number of nitrogens with zero attached hydrogens (tertiary/aromatic N) is 2. The van der Waals surface area contributed by atoms with E-state index < -0.39 is 0 Å². The van der Waals surface area contributed by atoms with Gasteiger partial charge in [-0.2, -0.15) is 5.10 Å². The van der Waals surface area contributed by atoms with Crippen LogP contribution in [0.25, 0.3) is 0 Å². The zero-order valence-corrected chi connectivity index (χ0v) is 4.07. The van der Waals surface area contributed by atoms with Crippen LogP contribution in [0, 0.1) is 0 Å². The van der Waals surface area contributed by atoms with Crippen molar-refractivity contribution in [2.24, 2.45) is 10.2 Å². The second-order valence-corrected chi connectivity index (χ2v) is 1.17. The molecule has 0 radical (unpaired) electrons. The minimum atomic E-state index is 0.0486. The number of hydrogen-bond donors (Lipinski definition) is 0. The number of carbonyl (C=O) groups is 1. The maximum atomic E-state index is 9.83. The summed E-state index contributed by atoms with van der Waals surface area (Å²) >= 11 is 0. The third kappa shape index (κ3) is 0.900. The minimum Gasteiger partial charge on any atom is -0.468 e. The highest BCUT2D eigenvalue weighted by Gasteiger charge is 1.97. The second-order valence-electron chi connectivity index (χ2n) is 1.17. The van der Waals surface area contributed by atoms with Crippen LogP contribution in [0.2, 0.25) is 0 Å². The highest BCUT2D eigenvalue weighted by molar-refractivity contribution is 6.24. The molecule has 0 atom stereocenters. The Hall–Kier alpha value is -1.19. The molecule has 0 aliphatic carbocycles. The molecule has 0 saturated heterocycles. The summed E-state index contributed by atoms with van der Waals surface area (Å²) < 4.78 is 4.66. The molecule has 0 aromatic carbocycles. The Labute approximate surface area is 45.9 Å². The van der Waals surface area contributed by atoms with Crippen molar-refractivity contribution in [2.75, 3.05) is 6.61 Å². The molecular weight excluding hydrogens is 108 g/mol. The highest BCUT2D eigenvalue weighted by Crippen LogP contribution is 1.84. The van der Waals surface area contributed by atoms with Gasteiger partial charge in [-0.3, -0.25) is 4.79 Å². The Morgan fingerprint density at radius 3 is 3.12 bits per heavy atom. The van der Waals surface area contributed by atoms with Crippen molar-refractivity contribution < 1.29 is 9.53 Å². The number of aldehydes is 1. The van der Waals surface area contributed by atoms with Crippen molar-refractivity contribution >= 4 is 18.4 Å². The SMILES string of the molecule is O=CC1=NN=CCO1. The van der Waals surface area contributed by atoms with E-state index in [-0.39, 0.29) is 5.90 Å². The lowest BCUT2D eigenvalue weighted by Gasteiger charge is -1.99. The van der Waals surface area contributed by atoms with Gasteiger partial charge < -0.3 is 4.74 Å².